The van der Waals surface area contributed by atoms with Gasteiger partial charge in [-0.3, -0.25) is 9.88 Å². The topological polar surface area (TPSA) is 31.4 Å². The zero-order valence-corrected chi connectivity index (χ0v) is 17.8. The van der Waals surface area contributed by atoms with E-state index in [1.807, 2.05) is 11.7 Å². The molecule has 0 radical (unpaired) electrons. The number of nitrogens with zero attached hydrogens (tertiary/aromatic N) is 3. The van der Waals surface area contributed by atoms with E-state index in [1.54, 1.807) is 11.3 Å². The fourth-order valence-corrected chi connectivity index (χ4v) is 4.48. The summed E-state index contributed by atoms with van der Waals surface area (Å²) in [6, 6.07) is 11.2. The van der Waals surface area contributed by atoms with Crippen LogP contribution in [0.5, 0.6) is 0 Å². The molecular weight excluding hydrogens is 352 g/mol. The first-order valence-electron chi connectivity index (χ1n) is 10.2. The zero-order chi connectivity index (χ0) is 19.1. The minimum Gasteiger partial charge on any atom is -0.307 e. The maximum absolute atomic E-state index is 4.33. The molecule has 1 N–H and O–H groups in total. The van der Waals surface area contributed by atoms with Gasteiger partial charge < -0.3 is 10.2 Å². The van der Waals surface area contributed by atoms with Crippen molar-refractivity contribution >= 4 is 11.3 Å². The van der Waals surface area contributed by atoms with Gasteiger partial charge in [-0.2, -0.15) is 0 Å². The summed E-state index contributed by atoms with van der Waals surface area (Å²) < 4.78 is 0. The first kappa shape index (κ1) is 20.5. The molecule has 2 heterocycles. The molecule has 1 unspecified atom stereocenters. The number of thiazole rings is 1. The molecular formula is C22H34N4S. The van der Waals surface area contributed by atoms with E-state index in [2.05, 4.69) is 71.2 Å². The van der Waals surface area contributed by atoms with Crippen molar-refractivity contribution in [3.05, 3.63) is 52.5 Å². The van der Waals surface area contributed by atoms with Crippen molar-refractivity contribution in [1.29, 1.82) is 0 Å². The van der Waals surface area contributed by atoms with Crippen LogP contribution in [0.2, 0.25) is 0 Å². The summed E-state index contributed by atoms with van der Waals surface area (Å²) >= 11 is 1.76. The van der Waals surface area contributed by atoms with E-state index >= 15 is 0 Å². The van der Waals surface area contributed by atoms with E-state index in [4.69, 9.17) is 0 Å². The van der Waals surface area contributed by atoms with Gasteiger partial charge in [-0.05, 0) is 18.5 Å². The molecule has 148 valence electrons. The van der Waals surface area contributed by atoms with Crippen molar-refractivity contribution in [2.45, 2.75) is 38.6 Å². The highest BCUT2D eigenvalue weighted by atomic mass is 32.1. The summed E-state index contributed by atoms with van der Waals surface area (Å²) in [4.78, 5) is 10.9. The number of rotatable bonds is 9. The lowest BCUT2D eigenvalue weighted by Crippen LogP contribution is -2.49. The molecule has 0 amide bonds. The van der Waals surface area contributed by atoms with Gasteiger partial charge in [0.2, 0.25) is 0 Å². The Morgan fingerprint density at radius 3 is 2.44 bits per heavy atom. The van der Waals surface area contributed by atoms with E-state index in [0.29, 0.717) is 6.04 Å². The molecule has 1 aliphatic heterocycles. The second kappa shape index (κ2) is 9.78. The molecule has 1 fully saturated rings. The normalized spacial score (nSPS) is 17.9. The molecule has 5 heteroatoms. The molecule has 3 rings (SSSR count). The fourth-order valence-electron chi connectivity index (χ4n) is 3.79. The fraction of sp³-hybridized carbons (Fsp3) is 0.591. The molecule has 27 heavy (non-hydrogen) atoms. The lowest BCUT2D eigenvalue weighted by Gasteiger charge is -2.37. The van der Waals surface area contributed by atoms with Crippen LogP contribution >= 0.6 is 11.3 Å². The van der Waals surface area contributed by atoms with Crippen molar-refractivity contribution in [3.63, 3.8) is 0 Å². The van der Waals surface area contributed by atoms with Crippen molar-refractivity contribution in [3.8, 4) is 0 Å². The molecule has 4 nitrogen and oxygen atoms in total. The Morgan fingerprint density at radius 2 is 1.81 bits per heavy atom. The number of piperazine rings is 1. The molecule has 0 saturated carbocycles. The van der Waals surface area contributed by atoms with Crippen LogP contribution in [0.1, 0.15) is 43.7 Å². The van der Waals surface area contributed by atoms with Crippen LogP contribution in [-0.2, 0) is 5.41 Å². The van der Waals surface area contributed by atoms with Gasteiger partial charge in [0.05, 0.1) is 11.6 Å². The molecule has 0 bridgehead atoms. The third-order valence-electron chi connectivity index (χ3n) is 5.59. The first-order valence-corrected chi connectivity index (χ1v) is 11.1. The lowest BCUT2D eigenvalue weighted by molar-refractivity contribution is 0.122. The van der Waals surface area contributed by atoms with Gasteiger partial charge in [-0.1, -0.05) is 51.1 Å². The Morgan fingerprint density at radius 1 is 1.11 bits per heavy atom. The molecule has 1 aromatic heterocycles. The van der Waals surface area contributed by atoms with Crippen LogP contribution in [0.4, 0.5) is 0 Å². The summed E-state index contributed by atoms with van der Waals surface area (Å²) in [7, 11) is 0. The Kier molecular flexibility index (Phi) is 7.41. The van der Waals surface area contributed by atoms with Crippen LogP contribution in [0.3, 0.4) is 0 Å². The van der Waals surface area contributed by atoms with Crippen LogP contribution in [0, 0.1) is 0 Å². The highest BCUT2D eigenvalue weighted by Gasteiger charge is 2.25. The van der Waals surface area contributed by atoms with E-state index in [-0.39, 0.29) is 5.41 Å². The minimum atomic E-state index is 0.101. The van der Waals surface area contributed by atoms with Crippen LogP contribution in [0.15, 0.2) is 42.0 Å². The molecule has 2 aromatic rings. The standard InChI is InChI=1S/C22H34N4S/c1-4-10-25-11-13-26(14-12-25)16-20(21-15-23-18-27-21)24-17-22(2,3)19-8-6-5-7-9-19/h5-9,15,18,20,24H,4,10-14,16-17H2,1-3H3. The predicted molar refractivity (Wildman–Crippen MR) is 115 cm³/mol. The van der Waals surface area contributed by atoms with Gasteiger partial charge in [-0.15, -0.1) is 11.3 Å². The van der Waals surface area contributed by atoms with Crippen molar-refractivity contribution < 1.29 is 0 Å². The number of hydrogen-bond acceptors (Lipinski definition) is 5. The maximum atomic E-state index is 4.33. The average molecular weight is 387 g/mol. The third-order valence-corrected chi connectivity index (χ3v) is 6.48. The summed E-state index contributed by atoms with van der Waals surface area (Å²) in [5.41, 5.74) is 3.43. The van der Waals surface area contributed by atoms with Crippen molar-refractivity contribution in [1.82, 2.24) is 20.1 Å². The zero-order valence-electron chi connectivity index (χ0n) is 17.0. The van der Waals surface area contributed by atoms with Gasteiger partial charge in [0.15, 0.2) is 0 Å². The Hall–Kier alpha value is -1.27. The van der Waals surface area contributed by atoms with Gasteiger partial charge in [0, 0.05) is 55.8 Å². The summed E-state index contributed by atoms with van der Waals surface area (Å²) in [6.45, 7) is 14.9. The first-order chi connectivity index (χ1) is 13.1. The van der Waals surface area contributed by atoms with Crippen LogP contribution in [0.25, 0.3) is 0 Å². The molecule has 1 saturated heterocycles. The Balaban J connectivity index is 1.60. The largest absolute Gasteiger partial charge is 0.307 e. The molecule has 0 aliphatic carbocycles. The SMILES string of the molecule is CCCN1CCN(CC(NCC(C)(C)c2ccccc2)c2cncs2)CC1. The Labute approximate surface area is 168 Å². The summed E-state index contributed by atoms with van der Waals surface area (Å²) in [5, 5.41) is 3.86. The molecule has 1 atom stereocenters. The summed E-state index contributed by atoms with van der Waals surface area (Å²) in [5.74, 6) is 0. The predicted octanol–water partition coefficient (Wildman–Crippen LogP) is 3.78. The molecule has 1 aliphatic rings. The van der Waals surface area contributed by atoms with Crippen molar-refractivity contribution in [2.75, 3.05) is 45.8 Å². The minimum absolute atomic E-state index is 0.101. The smallest absolute Gasteiger partial charge is 0.0794 e. The molecule has 1 aromatic carbocycles. The lowest BCUT2D eigenvalue weighted by atomic mass is 9.84. The van der Waals surface area contributed by atoms with E-state index in [9.17, 15) is 0 Å². The number of nitrogens with one attached hydrogen (secondary N) is 1. The number of aromatic nitrogens is 1. The highest BCUT2D eigenvalue weighted by molar-refractivity contribution is 7.09. The van der Waals surface area contributed by atoms with Gasteiger partial charge in [0.1, 0.15) is 0 Å². The van der Waals surface area contributed by atoms with Gasteiger partial charge in [-0.25, -0.2) is 0 Å². The van der Waals surface area contributed by atoms with Crippen molar-refractivity contribution in [2.24, 2.45) is 0 Å². The molecule has 0 spiro atoms. The maximum Gasteiger partial charge on any atom is 0.0794 e. The number of benzene rings is 1. The average Bonchev–Trinajstić information content (AvgIpc) is 3.22. The highest BCUT2D eigenvalue weighted by Crippen LogP contribution is 2.25. The monoisotopic (exact) mass is 386 g/mol. The second-order valence-electron chi connectivity index (χ2n) is 8.23. The Bertz CT molecular complexity index is 648. The third kappa shape index (κ3) is 5.85. The van der Waals surface area contributed by atoms with E-state index < -0.39 is 0 Å². The van der Waals surface area contributed by atoms with Gasteiger partial charge >= 0.3 is 0 Å². The summed E-state index contributed by atoms with van der Waals surface area (Å²) in [6.07, 6.45) is 3.28. The van der Waals surface area contributed by atoms with Crippen LogP contribution < -0.4 is 5.32 Å². The van der Waals surface area contributed by atoms with E-state index in [1.165, 1.54) is 49.6 Å². The number of hydrogen-bond donors (Lipinski definition) is 1. The van der Waals surface area contributed by atoms with Gasteiger partial charge in [0.25, 0.3) is 0 Å². The van der Waals surface area contributed by atoms with Crippen LogP contribution in [-0.4, -0.2) is 60.6 Å². The quantitative estimate of drug-likeness (QED) is 0.711. The second-order valence-corrected chi connectivity index (χ2v) is 9.15. The van der Waals surface area contributed by atoms with E-state index in [0.717, 1.165) is 13.1 Å².